The highest BCUT2D eigenvalue weighted by Crippen LogP contribution is 2.35. The monoisotopic (exact) mass is 282 g/mol. The fraction of sp³-hybridized carbons (Fsp3) is 0.600. The molecule has 0 saturated carbocycles. The number of hydrogen-bond acceptors (Lipinski definition) is 5. The molecule has 2 atom stereocenters. The zero-order valence-corrected chi connectivity index (χ0v) is 13.2. The van der Waals surface area contributed by atoms with E-state index in [-0.39, 0.29) is 17.6 Å². The van der Waals surface area contributed by atoms with Crippen molar-refractivity contribution in [3.05, 3.63) is 23.8 Å². The van der Waals surface area contributed by atoms with E-state index < -0.39 is 0 Å². The molecule has 0 radical (unpaired) electrons. The maximum atomic E-state index is 5.75. The Balaban J connectivity index is 3.23. The van der Waals surface area contributed by atoms with Crippen LogP contribution in [0.25, 0.3) is 0 Å². The van der Waals surface area contributed by atoms with Crippen LogP contribution in [0.2, 0.25) is 0 Å². The Morgan fingerprint density at radius 2 is 1.50 bits per heavy atom. The predicted octanol–water partition coefficient (Wildman–Crippen LogP) is 2.27. The topological polar surface area (TPSA) is 65.7 Å². The van der Waals surface area contributed by atoms with Gasteiger partial charge in [-0.2, -0.15) is 0 Å². The Morgan fingerprint density at radius 1 is 1.00 bits per heavy atom. The first-order valence-corrected chi connectivity index (χ1v) is 6.59. The first kappa shape index (κ1) is 16.8. The molecule has 1 rings (SSSR count). The second-order valence-corrected chi connectivity index (χ2v) is 5.81. The van der Waals surface area contributed by atoms with Gasteiger partial charge in [-0.1, -0.05) is 20.8 Å². The smallest absolute Gasteiger partial charge is 0.122 e. The van der Waals surface area contributed by atoms with Crippen LogP contribution >= 0.6 is 0 Å². The summed E-state index contributed by atoms with van der Waals surface area (Å²) in [6, 6.07) is 5.54. The average Bonchev–Trinajstić information content (AvgIpc) is 2.42. The van der Waals surface area contributed by atoms with E-state index in [1.165, 1.54) is 0 Å². The molecule has 0 saturated heterocycles. The van der Waals surface area contributed by atoms with E-state index in [4.69, 9.17) is 20.1 Å². The Bertz CT molecular complexity index is 407. The summed E-state index contributed by atoms with van der Waals surface area (Å²) in [5.41, 5.74) is 3.74. The molecule has 0 bridgehead atoms. The van der Waals surface area contributed by atoms with Crippen molar-refractivity contribution in [3.63, 3.8) is 0 Å². The van der Waals surface area contributed by atoms with E-state index >= 15 is 0 Å². The number of hydrazine groups is 1. The molecular formula is C15H26N2O3. The van der Waals surface area contributed by atoms with Gasteiger partial charge in [0.25, 0.3) is 0 Å². The molecule has 114 valence electrons. The van der Waals surface area contributed by atoms with Crippen molar-refractivity contribution in [3.8, 4) is 11.5 Å². The molecule has 0 spiro atoms. The summed E-state index contributed by atoms with van der Waals surface area (Å²) in [5.74, 6) is 7.20. The zero-order valence-electron chi connectivity index (χ0n) is 13.2. The van der Waals surface area contributed by atoms with E-state index in [0.717, 1.165) is 17.1 Å². The molecule has 0 aromatic heterocycles. The number of methoxy groups -OCH3 is 3. The predicted molar refractivity (Wildman–Crippen MR) is 79.9 cm³/mol. The second-order valence-electron chi connectivity index (χ2n) is 5.81. The van der Waals surface area contributed by atoms with Crippen LogP contribution in [0.1, 0.15) is 32.4 Å². The van der Waals surface area contributed by atoms with Crippen LogP contribution in [0, 0.1) is 5.41 Å². The SMILES string of the molecule is COc1cc(OC)cc(C(NN)C(OC)C(C)(C)C)c1. The lowest BCUT2D eigenvalue weighted by atomic mass is 9.82. The van der Waals surface area contributed by atoms with Gasteiger partial charge in [-0.15, -0.1) is 0 Å². The van der Waals surface area contributed by atoms with Crippen LogP contribution in [-0.4, -0.2) is 27.4 Å². The molecule has 1 aromatic carbocycles. The van der Waals surface area contributed by atoms with Crippen molar-refractivity contribution < 1.29 is 14.2 Å². The standard InChI is InChI=1S/C15H26N2O3/c1-15(2,3)14(20-6)13(17-16)10-7-11(18-4)9-12(8-10)19-5/h7-9,13-14,17H,16H2,1-6H3. The number of nitrogens with one attached hydrogen (secondary N) is 1. The van der Waals surface area contributed by atoms with Gasteiger partial charge in [-0.25, -0.2) is 0 Å². The highest BCUT2D eigenvalue weighted by atomic mass is 16.5. The molecule has 2 unspecified atom stereocenters. The van der Waals surface area contributed by atoms with Crippen molar-refractivity contribution >= 4 is 0 Å². The molecule has 0 aliphatic heterocycles. The summed E-state index contributed by atoms with van der Waals surface area (Å²) < 4.78 is 16.2. The van der Waals surface area contributed by atoms with Crippen LogP contribution in [0.15, 0.2) is 18.2 Å². The maximum Gasteiger partial charge on any atom is 0.122 e. The van der Waals surface area contributed by atoms with Gasteiger partial charge in [0.15, 0.2) is 0 Å². The molecule has 0 aliphatic rings. The average molecular weight is 282 g/mol. The normalized spacial score (nSPS) is 14.8. The minimum absolute atomic E-state index is 0.0674. The van der Waals surface area contributed by atoms with Gasteiger partial charge >= 0.3 is 0 Å². The Kier molecular flexibility index (Phi) is 5.80. The van der Waals surface area contributed by atoms with Crippen LogP contribution in [0.4, 0.5) is 0 Å². The van der Waals surface area contributed by atoms with Gasteiger partial charge in [0.1, 0.15) is 11.5 Å². The van der Waals surface area contributed by atoms with Crippen molar-refractivity contribution in [2.24, 2.45) is 11.3 Å². The molecule has 1 aromatic rings. The molecule has 0 fully saturated rings. The van der Waals surface area contributed by atoms with Gasteiger partial charge in [0.2, 0.25) is 0 Å². The third kappa shape index (κ3) is 3.85. The third-order valence-corrected chi connectivity index (χ3v) is 3.32. The van der Waals surface area contributed by atoms with E-state index in [1.54, 1.807) is 21.3 Å². The first-order valence-electron chi connectivity index (χ1n) is 6.59. The van der Waals surface area contributed by atoms with Crippen LogP contribution < -0.4 is 20.7 Å². The lowest BCUT2D eigenvalue weighted by molar-refractivity contribution is -0.0121. The molecule has 0 aliphatic carbocycles. The molecular weight excluding hydrogens is 256 g/mol. The third-order valence-electron chi connectivity index (χ3n) is 3.32. The van der Waals surface area contributed by atoms with Crippen molar-refractivity contribution in [1.29, 1.82) is 0 Å². The lowest BCUT2D eigenvalue weighted by Gasteiger charge is -2.36. The van der Waals surface area contributed by atoms with Gasteiger partial charge in [-0.3, -0.25) is 11.3 Å². The van der Waals surface area contributed by atoms with Crippen LogP contribution in [0.3, 0.4) is 0 Å². The van der Waals surface area contributed by atoms with E-state index in [2.05, 4.69) is 26.2 Å². The Hall–Kier alpha value is -1.30. The highest BCUT2D eigenvalue weighted by Gasteiger charge is 2.33. The van der Waals surface area contributed by atoms with Crippen molar-refractivity contribution in [2.45, 2.75) is 32.9 Å². The maximum absolute atomic E-state index is 5.75. The molecule has 5 heteroatoms. The van der Waals surface area contributed by atoms with Gasteiger partial charge in [-0.05, 0) is 23.1 Å². The fourth-order valence-corrected chi connectivity index (χ4v) is 2.36. The minimum atomic E-state index is -0.163. The summed E-state index contributed by atoms with van der Waals surface area (Å²) in [4.78, 5) is 0. The minimum Gasteiger partial charge on any atom is -0.497 e. The quantitative estimate of drug-likeness (QED) is 0.619. The van der Waals surface area contributed by atoms with E-state index in [1.807, 2.05) is 18.2 Å². The van der Waals surface area contributed by atoms with Gasteiger partial charge in [0.05, 0.1) is 26.4 Å². The van der Waals surface area contributed by atoms with Gasteiger partial charge in [0, 0.05) is 13.2 Å². The summed E-state index contributed by atoms with van der Waals surface area (Å²) in [7, 11) is 4.94. The number of rotatable bonds is 6. The zero-order chi connectivity index (χ0) is 15.3. The van der Waals surface area contributed by atoms with Crippen LogP contribution in [-0.2, 0) is 4.74 Å². The molecule has 20 heavy (non-hydrogen) atoms. The number of benzene rings is 1. The summed E-state index contributed by atoms with van der Waals surface area (Å²) in [6.45, 7) is 6.34. The number of hydrogen-bond donors (Lipinski definition) is 2. The molecule has 5 nitrogen and oxygen atoms in total. The summed E-state index contributed by atoms with van der Waals surface area (Å²) >= 11 is 0. The fourth-order valence-electron chi connectivity index (χ4n) is 2.36. The molecule has 3 N–H and O–H groups in total. The van der Waals surface area contributed by atoms with Gasteiger partial charge < -0.3 is 14.2 Å². The largest absolute Gasteiger partial charge is 0.497 e. The van der Waals surface area contributed by atoms with Crippen molar-refractivity contribution in [1.82, 2.24) is 5.43 Å². The molecule has 0 amide bonds. The van der Waals surface area contributed by atoms with Crippen molar-refractivity contribution in [2.75, 3.05) is 21.3 Å². The Morgan fingerprint density at radius 3 is 1.80 bits per heavy atom. The number of ether oxygens (including phenoxy) is 3. The Labute approximate surface area is 121 Å². The highest BCUT2D eigenvalue weighted by molar-refractivity contribution is 5.40. The summed E-state index contributed by atoms with van der Waals surface area (Å²) in [5, 5.41) is 0. The van der Waals surface area contributed by atoms with E-state index in [9.17, 15) is 0 Å². The van der Waals surface area contributed by atoms with E-state index in [0.29, 0.717) is 0 Å². The van der Waals surface area contributed by atoms with Crippen LogP contribution in [0.5, 0.6) is 11.5 Å². The summed E-state index contributed by atoms with van der Waals surface area (Å²) in [6.07, 6.45) is -0.0932. The number of nitrogens with two attached hydrogens (primary N) is 1. The lowest BCUT2D eigenvalue weighted by Crippen LogP contribution is -2.44. The second kappa shape index (κ2) is 6.92. The first-order chi connectivity index (χ1) is 9.37. The molecule has 0 heterocycles.